The van der Waals surface area contributed by atoms with Gasteiger partial charge < -0.3 is 4.42 Å². The van der Waals surface area contributed by atoms with Crippen molar-refractivity contribution >= 4 is 0 Å². The third-order valence-electron chi connectivity index (χ3n) is 2.82. The van der Waals surface area contributed by atoms with Crippen LogP contribution in [0.2, 0.25) is 0 Å². The highest BCUT2D eigenvalue weighted by molar-refractivity contribution is 5.50. The van der Waals surface area contributed by atoms with Crippen LogP contribution in [0.5, 0.6) is 0 Å². The first kappa shape index (κ1) is 8.59. The van der Waals surface area contributed by atoms with Gasteiger partial charge in [0.2, 0.25) is 11.8 Å². The van der Waals surface area contributed by atoms with Crippen LogP contribution in [0.1, 0.15) is 31.1 Å². The molecule has 2 aromatic heterocycles. The van der Waals surface area contributed by atoms with Gasteiger partial charge in [0.1, 0.15) is 0 Å². The number of aromatic nitrogens is 3. The first-order chi connectivity index (χ1) is 7.43. The van der Waals surface area contributed by atoms with Crippen LogP contribution in [0.15, 0.2) is 28.9 Å². The van der Waals surface area contributed by atoms with Gasteiger partial charge >= 0.3 is 0 Å². The van der Waals surface area contributed by atoms with Crippen LogP contribution in [0.3, 0.4) is 0 Å². The lowest BCUT2D eigenvalue weighted by Crippen LogP contribution is -2.08. The standard InChI is InChI=1S/C11H11N3O/c1-2-8(3-1)10-13-14-11(15-10)9-4-6-12-7-5-9/h4-8H,1-3H2. The Morgan fingerprint density at radius 1 is 1.13 bits per heavy atom. The zero-order chi connectivity index (χ0) is 10.1. The highest BCUT2D eigenvalue weighted by Crippen LogP contribution is 2.36. The van der Waals surface area contributed by atoms with Crippen LogP contribution in [-0.2, 0) is 0 Å². The summed E-state index contributed by atoms with van der Waals surface area (Å²) in [7, 11) is 0. The summed E-state index contributed by atoms with van der Waals surface area (Å²) in [6.45, 7) is 0. The van der Waals surface area contributed by atoms with Gasteiger partial charge in [-0.2, -0.15) is 0 Å². The summed E-state index contributed by atoms with van der Waals surface area (Å²) in [6.07, 6.45) is 7.08. The molecule has 0 bridgehead atoms. The third kappa shape index (κ3) is 1.52. The molecular formula is C11H11N3O. The number of rotatable bonds is 2. The molecule has 0 unspecified atom stereocenters. The topological polar surface area (TPSA) is 51.8 Å². The van der Waals surface area contributed by atoms with E-state index in [4.69, 9.17) is 4.42 Å². The van der Waals surface area contributed by atoms with Crippen molar-refractivity contribution in [3.8, 4) is 11.5 Å². The second-order valence-electron chi connectivity index (χ2n) is 3.81. The fraction of sp³-hybridized carbons (Fsp3) is 0.364. The van der Waals surface area contributed by atoms with Gasteiger partial charge in [-0.25, -0.2) is 0 Å². The Labute approximate surface area is 87.4 Å². The zero-order valence-corrected chi connectivity index (χ0v) is 8.26. The van der Waals surface area contributed by atoms with Crippen molar-refractivity contribution < 1.29 is 4.42 Å². The number of pyridine rings is 1. The van der Waals surface area contributed by atoms with Crippen LogP contribution >= 0.6 is 0 Å². The van der Waals surface area contributed by atoms with E-state index in [9.17, 15) is 0 Å². The van der Waals surface area contributed by atoms with Crippen molar-refractivity contribution in [1.82, 2.24) is 15.2 Å². The molecule has 2 heterocycles. The first-order valence-corrected chi connectivity index (χ1v) is 5.17. The lowest BCUT2D eigenvalue weighted by Gasteiger charge is -2.20. The minimum atomic E-state index is 0.494. The van der Waals surface area contributed by atoms with Crippen LogP contribution in [0, 0.1) is 0 Å². The quantitative estimate of drug-likeness (QED) is 0.748. The van der Waals surface area contributed by atoms with E-state index in [-0.39, 0.29) is 0 Å². The summed E-state index contributed by atoms with van der Waals surface area (Å²) < 4.78 is 5.62. The summed E-state index contributed by atoms with van der Waals surface area (Å²) >= 11 is 0. The molecule has 1 aliphatic carbocycles. The first-order valence-electron chi connectivity index (χ1n) is 5.17. The molecule has 0 atom stereocenters. The summed E-state index contributed by atoms with van der Waals surface area (Å²) in [6, 6.07) is 3.75. The van der Waals surface area contributed by atoms with Gasteiger partial charge in [0, 0.05) is 23.9 Å². The average molecular weight is 201 g/mol. The van der Waals surface area contributed by atoms with Crippen molar-refractivity contribution in [2.45, 2.75) is 25.2 Å². The molecule has 0 radical (unpaired) electrons. The summed E-state index contributed by atoms with van der Waals surface area (Å²) in [5.74, 6) is 1.88. The lowest BCUT2D eigenvalue weighted by atomic mass is 9.85. The van der Waals surface area contributed by atoms with Crippen molar-refractivity contribution in [2.75, 3.05) is 0 Å². The van der Waals surface area contributed by atoms with E-state index in [1.807, 2.05) is 12.1 Å². The van der Waals surface area contributed by atoms with Crippen molar-refractivity contribution in [2.24, 2.45) is 0 Å². The summed E-state index contributed by atoms with van der Waals surface area (Å²) in [4.78, 5) is 3.95. The Kier molecular flexibility index (Phi) is 1.98. The molecule has 1 saturated carbocycles. The highest BCUT2D eigenvalue weighted by Gasteiger charge is 2.25. The molecule has 76 valence electrons. The molecule has 15 heavy (non-hydrogen) atoms. The van der Waals surface area contributed by atoms with E-state index in [0.717, 1.165) is 11.5 Å². The predicted octanol–water partition coefficient (Wildman–Crippen LogP) is 2.40. The fourth-order valence-electron chi connectivity index (χ4n) is 1.67. The van der Waals surface area contributed by atoms with Gasteiger partial charge in [0.25, 0.3) is 0 Å². The number of nitrogens with zero attached hydrogens (tertiary/aromatic N) is 3. The fourth-order valence-corrected chi connectivity index (χ4v) is 1.67. The molecule has 1 aliphatic rings. The van der Waals surface area contributed by atoms with Crippen molar-refractivity contribution in [3.05, 3.63) is 30.4 Å². The molecule has 0 amide bonds. The molecule has 0 aliphatic heterocycles. The Bertz CT molecular complexity index is 448. The van der Waals surface area contributed by atoms with Crippen LogP contribution in [-0.4, -0.2) is 15.2 Å². The van der Waals surface area contributed by atoms with Gasteiger partial charge in [-0.3, -0.25) is 4.98 Å². The Morgan fingerprint density at radius 2 is 1.93 bits per heavy atom. The van der Waals surface area contributed by atoms with Gasteiger partial charge in [0.05, 0.1) is 0 Å². The maximum absolute atomic E-state index is 5.62. The van der Waals surface area contributed by atoms with E-state index in [0.29, 0.717) is 11.8 Å². The molecule has 0 saturated heterocycles. The van der Waals surface area contributed by atoms with Crippen LogP contribution < -0.4 is 0 Å². The molecule has 3 rings (SSSR count). The van der Waals surface area contributed by atoms with Crippen LogP contribution in [0.4, 0.5) is 0 Å². The minimum Gasteiger partial charge on any atom is -0.420 e. The third-order valence-corrected chi connectivity index (χ3v) is 2.82. The Hall–Kier alpha value is -1.71. The summed E-state index contributed by atoms with van der Waals surface area (Å²) in [5, 5.41) is 8.12. The Balaban J connectivity index is 1.90. The molecule has 0 spiro atoms. The predicted molar refractivity (Wildman–Crippen MR) is 54.1 cm³/mol. The molecule has 0 N–H and O–H groups in total. The summed E-state index contributed by atoms with van der Waals surface area (Å²) in [5.41, 5.74) is 0.933. The van der Waals surface area contributed by atoms with E-state index in [1.54, 1.807) is 12.4 Å². The molecule has 4 heteroatoms. The smallest absolute Gasteiger partial charge is 0.247 e. The lowest BCUT2D eigenvalue weighted by molar-refractivity contribution is 0.338. The number of hydrogen-bond donors (Lipinski definition) is 0. The maximum atomic E-state index is 5.62. The second kappa shape index (κ2) is 3.46. The van der Waals surface area contributed by atoms with Gasteiger partial charge in [0.15, 0.2) is 0 Å². The minimum absolute atomic E-state index is 0.494. The maximum Gasteiger partial charge on any atom is 0.247 e. The second-order valence-corrected chi connectivity index (χ2v) is 3.81. The van der Waals surface area contributed by atoms with E-state index in [1.165, 1.54) is 19.3 Å². The Morgan fingerprint density at radius 3 is 2.60 bits per heavy atom. The molecule has 0 aromatic carbocycles. The number of hydrogen-bond acceptors (Lipinski definition) is 4. The highest BCUT2D eigenvalue weighted by atomic mass is 16.4. The van der Waals surface area contributed by atoms with E-state index < -0.39 is 0 Å². The average Bonchev–Trinajstić information content (AvgIpc) is 2.66. The molecule has 1 fully saturated rings. The molecule has 4 nitrogen and oxygen atoms in total. The van der Waals surface area contributed by atoms with Gasteiger partial charge in [-0.05, 0) is 25.0 Å². The zero-order valence-electron chi connectivity index (χ0n) is 8.26. The SMILES string of the molecule is c1cc(-c2nnc(C3CCC3)o2)ccn1. The molecular weight excluding hydrogens is 190 g/mol. The van der Waals surface area contributed by atoms with Crippen molar-refractivity contribution in [3.63, 3.8) is 0 Å². The van der Waals surface area contributed by atoms with E-state index in [2.05, 4.69) is 15.2 Å². The van der Waals surface area contributed by atoms with Gasteiger partial charge in [-0.15, -0.1) is 10.2 Å². The normalized spacial score (nSPS) is 16.3. The molecule has 2 aromatic rings. The van der Waals surface area contributed by atoms with Crippen molar-refractivity contribution in [1.29, 1.82) is 0 Å². The van der Waals surface area contributed by atoms with Crippen LogP contribution in [0.25, 0.3) is 11.5 Å². The van der Waals surface area contributed by atoms with Gasteiger partial charge in [-0.1, -0.05) is 6.42 Å². The van der Waals surface area contributed by atoms with E-state index >= 15 is 0 Å². The monoisotopic (exact) mass is 201 g/mol. The largest absolute Gasteiger partial charge is 0.420 e.